The molecule has 1 heterocycles. The average Bonchev–Trinajstić information content (AvgIpc) is 2.55. The van der Waals surface area contributed by atoms with E-state index < -0.39 is 11.8 Å². The summed E-state index contributed by atoms with van der Waals surface area (Å²) < 4.78 is 0. The Labute approximate surface area is 128 Å². The van der Waals surface area contributed by atoms with Crippen LogP contribution in [-0.4, -0.2) is 23.0 Å². The highest BCUT2D eigenvalue weighted by atomic mass is 16.2. The van der Waals surface area contributed by atoms with E-state index in [1.807, 2.05) is 31.2 Å². The Morgan fingerprint density at radius 3 is 2.64 bits per heavy atom. The van der Waals surface area contributed by atoms with Crippen molar-refractivity contribution < 1.29 is 9.59 Å². The van der Waals surface area contributed by atoms with Gasteiger partial charge in [-0.1, -0.05) is 35.9 Å². The van der Waals surface area contributed by atoms with Crippen LogP contribution < -0.4 is 10.7 Å². The number of hydrogen-bond acceptors (Lipinski definition) is 4. The van der Waals surface area contributed by atoms with Gasteiger partial charge in [-0.05, 0) is 24.1 Å². The summed E-state index contributed by atoms with van der Waals surface area (Å²) in [5.41, 5.74) is 4.97. The summed E-state index contributed by atoms with van der Waals surface area (Å²) in [5.74, 6) is -1.56. The molecule has 0 atom stereocenters. The molecule has 0 saturated carbocycles. The molecule has 6 heteroatoms. The predicted octanol–water partition coefficient (Wildman–Crippen LogP) is 1.16. The van der Waals surface area contributed by atoms with Crippen molar-refractivity contribution in [3.8, 4) is 0 Å². The largest absolute Gasteiger partial charge is 0.344 e. The van der Waals surface area contributed by atoms with Crippen molar-refractivity contribution in [1.82, 2.24) is 15.7 Å². The lowest BCUT2D eigenvalue weighted by molar-refractivity contribution is -0.139. The fourth-order valence-electron chi connectivity index (χ4n) is 1.63. The summed E-state index contributed by atoms with van der Waals surface area (Å²) in [6, 6.07) is 11.2. The van der Waals surface area contributed by atoms with Gasteiger partial charge >= 0.3 is 11.8 Å². The minimum atomic E-state index is -0.813. The number of carbonyl (C=O) groups is 2. The van der Waals surface area contributed by atoms with Crippen molar-refractivity contribution in [3.05, 3.63) is 65.5 Å². The van der Waals surface area contributed by atoms with Gasteiger partial charge in [0.2, 0.25) is 0 Å². The van der Waals surface area contributed by atoms with Crippen LogP contribution in [0.5, 0.6) is 0 Å². The molecule has 2 rings (SSSR count). The second kappa shape index (κ2) is 7.68. The van der Waals surface area contributed by atoms with Crippen LogP contribution in [0.15, 0.2) is 53.9 Å². The lowest BCUT2D eigenvalue weighted by Gasteiger charge is -2.03. The maximum atomic E-state index is 11.6. The van der Waals surface area contributed by atoms with Gasteiger partial charge in [-0.15, -0.1) is 0 Å². The van der Waals surface area contributed by atoms with Gasteiger partial charge in [0.15, 0.2) is 0 Å². The van der Waals surface area contributed by atoms with E-state index in [0.29, 0.717) is 0 Å². The molecule has 112 valence electrons. The Morgan fingerprint density at radius 2 is 1.95 bits per heavy atom. The summed E-state index contributed by atoms with van der Waals surface area (Å²) in [6.07, 6.45) is 4.73. The van der Waals surface area contributed by atoms with E-state index >= 15 is 0 Å². The zero-order valence-corrected chi connectivity index (χ0v) is 12.1. The Morgan fingerprint density at radius 1 is 1.18 bits per heavy atom. The fraction of sp³-hybridized carbons (Fsp3) is 0.125. The topological polar surface area (TPSA) is 83.5 Å². The molecule has 0 spiro atoms. The summed E-state index contributed by atoms with van der Waals surface area (Å²) in [4.78, 5) is 27.1. The van der Waals surface area contributed by atoms with Gasteiger partial charge in [-0.25, -0.2) is 5.43 Å². The van der Waals surface area contributed by atoms with Crippen LogP contribution in [0.3, 0.4) is 0 Å². The van der Waals surface area contributed by atoms with Crippen LogP contribution in [0.2, 0.25) is 0 Å². The standard InChI is InChI=1S/C16H16N4O2/c1-12-4-6-13(7-5-12)11-19-20-16(22)15(21)18-10-14-3-2-8-17-9-14/h2-9,11H,10H2,1H3,(H,18,21)(H,20,22)/b19-11+. The number of carbonyl (C=O) groups excluding carboxylic acids is 2. The molecule has 0 fully saturated rings. The molecule has 0 aliphatic carbocycles. The number of nitrogens with zero attached hydrogens (tertiary/aromatic N) is 2. The maximum absolute atomic E-state index is 11.6. The third kappa shape index (κ3) is 4.82. The molecular formula is C16H16N4O2. The molecule has 2 amide bonds. The smallest absolute Gasteiger partial charge is 0.329 e. The van der Waals surface area contributed by atoms with E-state index in [2.05, 4.69) is 20.8 Å². The first-order valence-corrected chi connectivity index (χ1v) is 6.72. The second-order valence-electron chi connectivity index (χ2n) is 4.65. The van der Waals surface area contributed by atoms with Crippen LogP contribution in [0, 0.1) is 6.92 Å². The highest BCUT2D eigenvalue weighted by Crippen LogP contribution is 1.99. The van der Waals surface area contributed by atoms with Gasteiger partial charge in [0.1, 0.15) is 0 Å². The second-order valence-corrected chi connectivity index (χ2v) is 4.65. The van der Waals surface area contributed by atoms with E-state index in [-0.39, 0.29) is 6.54 Å². The molecule has 0 aliphatic rings. The first kappa shape index (κ1) is 15.4. The van der Waals surface area contributed by atoms with E-state index in [1.54, 1.807) is 24.5 Å². The zero-order valence-electron chi connectivity index (χ0n) is 12.1. The van der Waals surface area contributed by atoms with Crippen LogP contribution >= 0.6 is 0 Å². The number of rotatable bonds is 4. The quantitative estimate of drug-likeness (QED) is 0.504. The van der Waals surface area contributed by atoms with Crippen LogP contribution in [0.1, 0.15) is 16.7 Å². The summed E-state index contributed by atoms with van der Waals surface area (Å²) in [5, 5.41) is 6.24. The van der Waals surface area contributed by atoms with Gasteiger partial charge in [0.25, 0.3) is 0 Å². The number of hydrogen-bond donors (Lipinski definition) is 2. The molecule has 0 bridgehead atoms. The van der Waals surface area contributed by atoms with Crippen molar-refractivity contribution in [2.75, 3.05) is 0 Å². The number of hydrazone groups is 1. The lowest BCUT2D eigenvalue weighted by atomic mass is 10.2. The van der Waals surface area contributed by atoms with Crippen LogP contribution in [-0.2, 0) is 16.1 Å². The molecule has 2 aromatic rings. The Balaban J connectivity index is 1.79. The number of benzene rings is 1. The number of pyridine rings is 1. The molecule has 1 aromatic carbocycles. The third-order valence-corrected chi connectivity index (χ3v) is 2.84. The van der Waals surface area contributed by atoms with Crippen molar-refractivity contribution in [3.63, 3.8) is 0 Å². The molecule has 22 heavy (non-hydrogen) atoms. The lowest BCUT2D eigenvalue weighted by Crippen LogP contribution is -2.37. The van der Waals surface area contributed by atoms with E-state index in [9.17, 15) is 9.59 Å². The fourth-order valence-corrected chi connectivity index (χ4v) is 1.63. The van der Waals surface area contributed by atoms with Gasteiger partial charge in [0.05, 0.1) is 6.21 Å². The number of nitrogens with one attached hydrogen (secondary N) is 2. The Bertz CT molecular complexity index is 666. The van der Waals surface area contributed by atoms with E-state index in [1.165, 1.54) is 6.21 Å². The van der Waals surface area contributed by atoms with Crippen LogP contribution in [0.25, 0.3) is 0 Å². The van der Waals surface area contributed by atoms with Gasteiger partial charge < -0.3 is 5.32 Å². The summed E-state index contributed by atoms with van der Waals surface area (Å²) in [7, 11) is 0. The van der Waals surface area contributed by atoms with Gasteiger partial charge in [0, 0.05) is 18.9 Å². The molecule has 0 aliphatic heterocycles. The van der Waals surface area contributed by atoms with E-state index in [0.717, 1.165) is 16.7 Å². The minimum Gasteiger partial charge on any atom is -0.344 e. The highest BCUT2D eigenvalue weighted by molar-refractivity contribution is 6.35. The van der Waals surface area contributed by atoms with Crippen molar-refractivity contribution in [1.29, 1.82) is 0 Å². The van der Waals surface area contributed by atoms with Crippen molar-refractivity contribution >= 4 is 18.0 Å². The SMILES string of the molecule is Cc1ccc(/C=N/NC(=O)C(=O)NCc2cccnc2)cc1. The Hall–Kier alpha value is -3.02. The maximum Gasteiger partial charge on any atom is 0.329 e. The molecule has 0 unspecified atom stereocenters. The average molecular weight is 296 g/mol. The van der Waals surface area contributed by atoms with Gasteiger partial charge in [-0.3, -0.25) is 14.6 Å². The molecule has 0 saturated heterocycles. The molecule has 0 radical (unpaired) electrons. The number of aryl methyl sites for hydroxylation is 1. The third-order valence-electron chi connectivity index (χ3n) is 2.84. The van der Waals surface area contributed by atoms with E-state index in [4.69, 9.17) is 0 Å². The van der Waals surface area contributed by atoms with Gasteiger partial charge in [-0.2, -0.15) is 5.10 Å². The Kier molecular flexibility index (Phi) is 5.37. The number of amides is 2. The number of aromatic nitrogens is 1. The highest BCUT2D eigenvalue weighted by Gasteiger charge is 2.11. The molecular weight excluding hydrogens is 280 g/mol. The first-order valence-electron chi connectivity index (χ1n) is 6.72. The normalized spacial score (nSPS) is 10.4. The zero-order chi connectivity index (χ0) is 15.8. The molecule has 1 aromatic heterocycles. The predicted molar refractivity (Wildman–Crippen MR) is 83.0 cm³/mol. The first-order chi connectivity index (χ1) is 10.6. The van der Waals surface area contributed by atoms with Crippen molar-refractivity contribution in [2.24, 2.45) is 5.10 Å². The monoisotopic (exact) mass is 296 g/mol. The van der Waals surface area contributed by atoms with Crippen molar-refractivity contribution in [2.45, 2.75) is 13.5 Å². The molecule has 2 N–H and O–H groups in total. The minimum absolute atomic E-state index is 0.238. The molecule has 6 nitrogen and oxygen atoms in total. The summed E-state index contributed by atoms with van der Waals surface area (Å²) >= 11 is 0. The van der Waals surface area contributed by atoms with Crippen LogP contribution in [0.4, 0.5) is 0 Å². The summed E-state index contributed by atoms with van der Waals surface area (Å²) in [6.45, 7) is 2.22.